The third-order valence-corrected chi connectivity index (χ3v) is 7.00. The van der Waals surface area contributed by atoms with Crippen molar-refractivity contribution >= 4 is 81.2 Å². The minimum Gasteiger partial charge on any atom is -0.378 e. The molecule has 1 aliphatic carbocycles. The van der Waals surface area contributed by atoms with E-state index in [2.05, 4.69) is 15.6 Å². The minimum absolute atomic E-state index is 0.0845. The van der Waals surface area contributed by atoms with Gasteiger partial charge in [-0.2, -0.15) is 0 Å². The van der Waals surface area contributed by atoms with Crippen LogP contribution in [0.5, 0.6) is 0 Å². The van der Waals surface area contributed by atoms with Gasteiger partial charge in [-0.25, -0.2) is 9.37 Å². The number of Topliss-reactive ketones (excluding diaryl/α,β-unsaturated/α-hetero) is 1. The van der Waals surface area contributed by atoms with Gasteiger partial charge in [0.1, 0.15) is 16.0 Å². The van der Waals surface area contributed by atoms with E-state index in [0.717, 1.165) is 6.20 Å². The molecule has 1 aliphatic rings. The summed E-state index contributed by atoms with van der Waals surface area (Å²) in [5, 5.41) is 6.54. The van der Waals surface area contributed by atoms with Crippen molar-refractivity contribution in [2.45, 2.75) is 10.3 Å². The Balaban J connectivity index is 1.43. The van der Waals surface area contributed by atoms with Crippen molar-refractivity contribution in [1.82, 2.24) is 4.98 Å². The van der Waals surface area contributed by atoms with Crippen LogP contribution < -0.4 is 10.6 Å². The smallest absolute Gasteiger partial charge is 0.258 e. The first kappa shape index (κ1) is 25.0. The predicted octanol–water partition coefficient (Wildman–Crippen LogP) is 7.00. The number of aromatic nitrogens is 1. The maximum absolute atomic E-state index is 13.0. The molecule has 11 heteroatoms. The molecule has 4 rings (SSSR count). The van der Waals surface area contributed by atoms with Crippen LogP contribution in [0, 0.1) is 11.7 Å². The van der Waals surface area contributed by atoms with E-state index in [1.807, 2.05) is 0 Å². The van der Waals surface area contributed by atoms with Crippen molar-refractivity contribution in [2.75, 3.05) is 17.2 Å². The second kappa shape index (κ2) is 9.88. The van der Waals surface area contributed by atoms with Gasteiger partial charge >= 0.3 is 0 Å². The van der Waals surface area contributed by atoms with Gasteiger partial charge in [0.05, 0.1) is 29.2 Å². The number of carbonyl (C=O) groups is 2. The van der Waals surface area contributed by atoms with E-state index in [1.165, 1.54) is 24.3 Å². The van der Waals surface area contributed by atoms with Gasteiger partial charge in [0.15, 0.2) is 5.78 Å². The predicted molar refractivity (Wildman–Crippen MR) is 134 cm³/mol. The summed E-state index contributed by atoms with van der Waals surface area (Å²) < 4.78 is 11.7. The second-order valence-electron chi connectivity index (χ2n) is 7.66. The minimum atomic E-state index is -1.28. The largest absolute Gasteiger partial charge is 0.378 e. The van der Waals surface area contributed by atoms with Crippen molar-refractivity contribution in [3.8, 4) is 0 Å². The van der Waals surface area contributed by atoms with Gasteiger partial charge in [-0.3, -0.25) is 9.59 Å². The standard InChI is InChI=1S/C23H15Cl5FN3O2/c24-12-5-11(6-13(25)7-12)20-21(23(20,27)28)18(33)10-30-15-2-3-17(26)16(8-15)22(34)32-19-4-1-14(29)9-31-19/h1-9,20-21,30H,10H2,(H,31,32,34). The molecule has 34 heavy (non-hydrogen) atoms. The Morgan fingerprint density at radius 1 is 1.00 bits per heavy atom. The van der Waals surface area contributed by atoms with Crippen molar-refractivity contribution in [3.05, 3.63) is 86.7 Å². The molecule has 1 heterocycles. The van der Waals surface area contributed by atoms with E-state index in [9.17, 15) is 14.0 Å². The van der Waals surface area contributed by atoms with E-state index in [4.69, 9.17) is 58.0 Å². The number of alkyl halides is 2. The highest BCUT2D eigenvalue weighted by atomic mass is 35.5. The van der Waals surface area contributed by atoms with Crippen LogP contribution in [0.25, 0.3) is 0 Å². The number of amides is 1. The summed E-state index contributed by atoms with van der Waals surface area (Å²) in [5.41, 5.74) is 1.31. The number of hydrogen-bond acceptors (Lipinski definition) is 4. The van der Waals surface area contributed by atoms with E-state index in [0.29, 0.717) is 21.3 Å². The van der Waals surface area contributed by atoms with E-state index < -0.39 is 27.9 Å². The van der Waals surface area contributed by atoms with E-state index in [1.54, 1.807) is 24.3 Å². The van der Waals surface area contributed by atoms with Crippen LogP contribution in [0.15, 0.2) is 54.7 Å². The van der Waals surface area contributed by atoms with E-state index >= 15 is 0 Å². The zero-order valence-electron chi connectivity index (χ0n) is 17.1. The van der Waals surface area contributed by atoms with Gasteiger partial charge < -0.3 is 10.6 Å². The molecule has 3 aromatic rings. The highest BCUT2D eigenvalue weighted by Gasteiger charge is 2.67. The molecule has 0 radical (unpaired) electrons. The van der Waals surface area contributed by atoms with Crippen LogP contribution in [0.4, 0.5) is 15.9 Å². The maximum Gasteiger partial charge on any atom is 0.258 e. The number of carbonyl (C=O) groups excluding carboxylic acids is 2. The fraction of sp³-hybridized carbons (Fsp3) is 0.174. The quantitative estimate of drug-likeness (QED) is 0.305. The van der Waals surface area contributed by atoms with Gasteiger partial charge in [0, 0.05) is 21.7 Å². The van der Waals surface area contributed by atoms with Gasteiger partial charge in [0.2, 0.25) is 0 Å². The molecule has 0 saturated heterocycles. The molecular weight excluding hydrogens is 547 g/mol. The number of nitrogens with zero attached hydrogens (tertiary/aromatic N) is 1. The Morgan fingerprint density at radius 2 is 1.71 bits per heavy atom. The second-order valence-corrected chi connectivity index (χ2v) is 10.4. The first-order valence-electron chi connectivity index (χ1n) is 9.89. The molecule has 2 unspecified atom stereocenters. The van der Waals surface area contributed by atoms with Crippen LogP contribution in [-0.4, -0.2) is 27.6 Å². The number of nitrogens with one attached hydrogen (secondary N) is 2. The zero-order chi connectivity index (χ0) is 24.6. The Hall–Kier alpha value is -2.09. The van der Waals surface area contributed by atoms with Gasteiger partial charge in [0.25, 0.3) is 5.91 Å². The SMILES string of the molecule is O=C(Nc1ccc(F)cn1)c1cc(NCC(=O)C2C(c3cc(Cl)cc(Cl)c3)C2(Cl)Cl)ccc1Cl. The Kier molecular flexibility index (Phi) is 7.27. The van der Waals surface area contributed by atoms with Crippen LogP contribution in [0.1, 0.15) is 21.8 Å². The lowest BCUT2D eigenvalue weighted by molar-refractivity contribution is -0.118. The zero-order valence-corrected chi connectivity index (χ0v) is 20.9. The monoisotopic (exact) mass is 559 g/mol. The molecule has 176 valence electrons. The molecule has 2 atom stereocenters. The van der Waals surface area contributed by atoms with Gasteiger partial charge in [-0.15, -0.1) is 23.2 Å². The topological polar surface area (TPSA) is 71.1 Å². The third kappa shape index (κ3) is 5.42. The summed E-state index contributed by atoms with van der Waals surface area (Å²) in [6, 6.07) is 12.1. The normalized spacial score (nSPS) is 18.3. The molecule has 0 bridgehead atoms. The summed E-state index contributed by atoms with van der Waals surface area (Å²) in [6.45, 7) is -0.0845. The number of anilines is 2. The molecule has 0 spiro atoms. The molecule has 2 N–H and O–H groups in total. The van der Waals surface area contributed by atoms with Crippen molar-refractivity contribution in [2.24, 2.45) is 5.92 Å². The number of halogens is 6. The molecule has 1 amide bonds. The first-order chi connectivity index (χ1) is 16.1. The Bertz CT molecular complexity index is 1250. The van der Waals surface area contributed by atoms with Crippen LogP contribution in [0.3, 0.4) is 0 Å². The third-order valence-electron chi connectivity index (χ3n) is 5.29. The lowest BCUT2D eigenvalue weighted by Gasteiger charge is -2.10. The van der Waals surface area contributed by atoms with E-state index in [-0.39, 0.29) is 28.7 Å². The van der Waals surface area contributed by atoms with Crippen molar-refractivity contribution in [1.29, 1.82) is 0 Å². The lowest BCUT2D eigenvalue weighted by atomic mass is 10.1. The number of rotatable bonds is 7. The number of ketones is 1. The highest BCUT2D eigenvalue weighted by Crippen LogP contribution is 2.65. The van der Waals surface area contributed by atoms with Gasteiger partial charge in [-0.05, 0) is 54.1 Å². The molecule has 1 fully saturated rings. The number of pyridine rings is 1. The molecule has 1 saturated carbocycles. The van der Waals surface area contributed by atoms with Crippen LogP contribution in [-0.2, 0) is 4.79 Å². The van der Waals surface area contributed by atoms with Gasteiger partial charge in [-0.1, -0.05) is 34.8 Å². The molecule has 0 aliphatic heterocycles. The molecular formula is C23H15Cl5FN3O2. The average molecular weight is 562 g/mol. The molecule has 5 nitrogen and oxygen atoms in total. The summed E-state index contributed by atoms with van der Waals surface area (Å²) in [6.07, 6.45) is 0.983. The number of benzene rings is 2. The summed E-state index contributed by atoms with van der Waals surface area (Å²) in [5.74, 6) is -2.23. The van der Waals surface area contributed by atoms with Crippen molar-refractivity contribution < 1.29 is 14.0 Å². The van der Waals surface area contributed by atoms with Crippen molar-refractivity contribution in [3.63, 3.8) is 0 Å². The Morgan fingerprint density at radius 3 is 2.35 bits per heavy atom. The lowest BCUT2D eigenvalue weighted by Crippen LogP contribution is -2.19. The fourth-order valence-electron chi connectivity index (χ4n) is 3.64. The molecule has 2 aromatic carbocycles. The fourth-order valence-corrected chi connectivity index (χ4v) is 5.26. The van der Waals surface area contributed by atoms with Crippen LogP contribution in [0.2, 0.25) is 15.1 Å². The molecule has 1 aromatic heterocycles. The summed E-state index contributed by atoms with van der Waals surface area (Å²) in [7, 11) is 0. The maximum atomic E-state index is 13.0. The first-order valence-corrected chi connectivity index (χ1v) is 11.8. The summed E-state index contributed by atoms with van der Waals surface area (Å²) in [4.78, 5) is 29.2. The highest BCUT2D eigenvalue weighted by molar-refractivity contribution is 6.53. The van der Waals surface area contributed by atoms with Crippen LogP contribution >= 0.6 is 58.0 Å². The average Bonchev–Trinajstić information content (AvgIpc) is 3.36. The number of hydrogen-bond donors (Lipinski definition) is 2. The Labute approximate surface area is 219 Å². The summed E-state index contributed by atoms with van der Waals surface area (Å²) >= 11 is 31.1.